The second-order valence-electron chi connectivity index (χ2n) is 4.71. The van der Waals surface area contributed by atoms with Crippen molar-refractivity contribution in [1.29, 1.82) is 0 Å². The number of carbonyl (C=O) groups excluding carboxylic acids is 1. The molecule has 1 nitrogen and oxygen atoms in total. The van der Waals surface area contributed by atoms with Crippen molar-refractivity contribution in [2.75, 3.05) is 0 Å². The Morgan fingerprint density at radius 2 is 1.67 bits per heavy atom. The Balaban J connectivity index is 2.65. The maximum atomic E-state index is 11.9. The third-order valence-corrected chi connectivity index (χ3v) is 3.02. The minimum atomic E-state index is 0.260. The molecule has 0 amide bonds. The molecule has 0 radical (unpaired) electrons. The molecule has 0 aliphatic heterocycles. The SMILES string of the molecule is Cc1ccc(C(=O)CC(C)C(C)C)cc1. The molecule has 1 heteroatoms. The Morgan fingerprint density at radius 1 is 1.13 bits per heavy atom. The number of aryl methyl sites for hydroxylation is 1. The van der Waals surface area contributed by atoms with Gasteiger partial charge in [-0.25, -0.2) is 0 Å². The lowest BCUT2D eigenvalue weighted by Crippen LogP contribution is -2.11. The summed E-state index contributed by atoms with van der Waals surface area (Å²) in [4.78, 5) is 11.9. The maximum Gasteiger partial charge on any atom is 0.163 e. The summed E-state index contributed by atoms with van der Waals surface area (Å²) in [6.07, 6.45) is 0.653. The first-order chi connectivity index (χ1) is 7.00. The number of ketones is 1. The Kier molecular flexibility index (Phi) is 4.07. The van der Waals surface area contributed by atoms with Crippen molar-refractivity contribution >= 4 is 5.78 Å². The van der Waals surface area contributed by atoms with E-state index >= 15 is 0 Å². The van der Waals surface area contributed by atoms with Crippen LogP contribution in [0.15, 0.2) is 24.3 Å². The van der Waals surface area contributed by atoms with E-state index in [2.05, 4.69) is 20.8 Å². The second kappa shape index (κ2) is 5.11. The predicted molar refractivity (Wildman–Crippen MR) is 64.1 cm³/mol. The van der Waals surface area contributed by atoms with Crippen molar-refractivity contribution < 1.29 is 4.79 Å². The topological polar surface area (TPSA) is 17.1 Å². The molecule has 1 aromatic rings. The molecular formula is C14H20O. The molecule has 0 N–H and O–H groups in total. The lowest BCUT2D eigenvalue weighted by atomic mass is 9.90. The van der Waals surface area contributed by atoms with E-state index in [1.54, 1.807) is 0 Å². The Morgan fingerprint density at radius 3 is 2.13 bits per heavy atom. The van der Waals surface area contributed by atoms with E-state index in [-0.39, 0.29) is 5.78 Å². The highest BCUT2D eigenvalue weighted by Gasteiger charge is 2.13. The summed E-state index contributed by atoms with van der Waals surface area (Å²) in [6, 6.07) is 7.83. The molecule has 0 saturated carbocycles. The van der Waals surface area contributed by atoms with Crippen molar-refractivity contribution in [2.24, 2.45) is 11.8 Å². The number of rotatable bonds is 4. The molecule has 15 heavy (non-hydrogen) atoms. The summed E-state index contributed by atoms with van der Waals surface area (Å²) in [5, 5.41) is 0. The van der Waals surface area contributed by atoms with E-state index < -0.39 is 0 Å². The van der Waals surface area contributed by atoms with Gasteiger partial charge in [-0.05, 0) is 18.8 Å². The van der Waals surface area contributed by atoms with Crippen molar-refractivity contribution in [3.63, 3.8) is 0 Å². The molecule has 0 aromatic heterocycles. The van der Waals surface area contributed by atoms with Crippen LogP contribution in [0.4, 0.5) is 0 Å². The number of benzene rings is 1. The second-order valence-corrected chi connectivity index (χ2v) is 4.71. The van der Waals surface area contributed by atoms with Gasteiger partial charge < -0.3 is 0 Å². The largest absolute Gasteiger partial charge is 0.294 e. The van der Waals surface area contributed by atoms with Crippen LogP contribution in [0.25, 0.3) is 0 Å². The van der Waals surface area contributed by atoms with Crippen LogP contribution in [0.2, 0.25) is 0 Å². The minimum Gasteiger partial charge on any atom is -0.294 e. The molecule has 1 aromatic carbocycles. The lowest BCUT2D eigenvalue weighted by Gasteiger charge is -2.14. The molecule has 0 saturated heterocycles. The lowest BCUT2D eigenvalue weighted by molar-refractivity contribution is 0.0953. The molecule has 0 heterocycles. The summed E-state index contributed by atoms with van der Waals surface area (Å²) < 4.78 is 0. The van der Waals surface area contributed by atoms with Gasteiger partial charge in [0.05, 0.1) is 0 Å². The van der Waals surface area contributed by atoms with Crippen LogP contribution in [0.3, 0.4) is 0 Å². The van der Waals surface area contributed by atoms with Gasteiger partial charge >= 0.3 is 0 Å². The summed E-state index contributed by atoms with van der Waals surface area (Å²) in [6.45, 7) is 8.49. The van der Waals surface area contributed by atoms with Crippen LogP contribution in [0.1, 0.15) is 43.1 Å². The van der Waals surface area contributed by atoms with Crippen molar-refractivity contribution in [3.8, 4) is 0 Å². The van der Waals surface area contributed by atoms with Gasteiger partial charge in [0.15, 0.2) is 5.78 Å². The van der Waals surface area contributed by atoms with E-state index in [1.807, 2.05) is 31.2 Å². The van der Waals surface area contributed by atoms with E-state index in [4.69, 9.17) is 0 Å². The van der Waals surface area contributed by atoms with Crippen LogP contribution in [-0.2, 0) is 0 Å². The van der Waals surface area contributed by atoms with Gasteiger partial charge in [-0.1, -0.05) is 50.6 Å². The monoisotopic (exact) mass is 204 g/mol. The van der Waals surface area contributed by atoms with Crippen LogP contribution in [0.5, 0.6) is 0 Å². The van der Waals surface area contributed by atoms with Crippen molar-refractivity contribution in [1.82, 2.24) is 0 Å². The normalized spacial score (nSPS) is 12.9. The average molecular weight is 204 g/mol. The van der Waals surface area contributed by atoms with Crippen LogP contribution >= 0.6 is 0 Å². The molecular weight excluding hydrogens is 184 g/mol. The van der Waals surface area contributed by atoms with Crippen molar-refractivity contribution in [3.05, 3.63) is 35.4 Å². The van der Waals surface area contributed by atoms with Crippen LogP contribution in [0, 0.1) is 18.8 Å². The minimum absolute atomic E-state index is 0.260. The number of hydrogen-bond acceptors (Lipinski definition) is 1. The van der Waals surface area contributed by atoms with Crippen molar-refractivity contribution in [2.45, 2.75) is 34.1 Å². The molecule has 0 spiro atoms. The van der Waals surface area contributed by atoms with E-state index in [1.165, 1.54) is 5.56 Å². The molecule has 0 fully saturated rings. The molecule has 1 atom stereocenters. The number of carbonyl (C=O) groups is 1. The molecule has 0 bridgehead atoms. The van der Waals surface area contributed by atoms with E-state index in [0.29, 0.717) is 18.3 Å². The Hall–Kier alpha value is -1.11. The summed E-state index contributed by atoms with van der Waals surface area (Å²) in [7, 11) is 0. The van der Waals surface area contributed by atoms with E-state index in [0.717, 1.165) is 5.56 Å². The molecule has 0 aliphatic carbocycles. The molecule has 82 valence electrons. The van der Waals surface area contributed by atoms with Gasteiger partial charge in [-0.2, -0.15) is 0 Å². The highest BCUT2D eigenvalue weighted by Crippen LogP contribution is 2.17. The standard InChI is InChI=1S/C14H20O/c1-10(2)12(4)9-14(15)13-7-5-11(3)6-8-13/h5-8,10,12H,9H2,1-4H3. The van der Waals surface area contributed by atoms with Crippen LogP contribution in [-0.4, -0.2) is 5.78 Å². The van der Waals surface area contributed by atoms with Gasteiger partial charge in [0.25, 0.3) is 0 Å². The Labute approximate surface area is 92.5 Å². The summed E-state index contributed by atoms with van der Waals surface area (Å²) >= 11 is 0. The first-order valence-electron chi connectivity index (χ1n) is 5.60. The van der Waals surface area contributed by atoms with E-state index in [9.17, 15) is 4.79 Å². The fraction of sp³-hybridized carbons (Fsp3) is 0.500. The quantitative estimate of drug-likeness (QED) is 0.681. The maximum absolute atomic E-state index is 11.9. The van der Waals surface area contributed by atoms with Gasteiger partial charge in [-0.15, -0.1) is 0 Å². The third kappa shape index (κ3) is 3.50. The first kappa shape index (κ1) is 12.0. The average Bonchev–Trinajstić information content (AvgIpc) is 2.18. The first-order valence-corrected chi connectivity index (χ1v) is 5.60. The zero-order chi connectivity index (χ0) is 11.4. The fourth-order valence-electron chi connectivity index (χ4n) is 1.39. The fourth-order valence-corrected chi connectivity index (χ4v) is 1.39. The van der Waals surface area contributed by atoms with Gasteiger partial charge in [0.2, 0.25) is 0 Å². The molecule has 0 aliphatic rings. The van der Waals surface area contributed by atoms with Gasteiger partial charge in [0, 0.05) is 12.0 Å². The molecule has 1 unspecified atom stereocenters. The predicted octanol–water partition coefficient (Wildman–Crippen LogP) is 3.86. The number of hydrogen-bond donors (Lipinski definition) is 0. The highest BCUT2D eigenvalue weighted by atomic mass is 16.1. The smallest absolute Gasteiger partial charge is 0.163 e. The highest BCUT2D eigenvalue weighted by molar-refractivity contribution is 5.96. The summed E-state index contributed by atoms with van der Waals surface area (Å²) in [5.74, 6) is 1.29. The zero-order valence-corrected chi connectivity index (χ0v) is 10.1. The zero-order valence-electron chi connectivity index (χ0n) is 10.1. The molecule has 1 rings (SSSR count). The van der Waals surface area contributed by atoms with Crippen LogP contribution < -0.4 is 0 Å². The Bertz CT molecular complexity index is 322. The van der Waals surface area contributed by atoms with Gasteiger partial charge in [0.1, 0.15) is 0 Å². The van der Waals surface area contributed by atoms with Gasteiger partial charge in [-0.3, -0.25) is 4.79 Å². The third-order valence-electron chi connectivity index (χ3n) is 3.02. The number of Topliss-reactive ketones (excluding diaryl/α,β-unsaturated/α-hetero) is 1. The summed E-state index contributed by atoms with van der Waals surface area (Å²) in [5.41, 5.74) is 2.04.